The molecule has 0 aliphatic carbocycles. The third-order valence-corrected chi connectivity index (χ3v) is 14.7. The Balaban J connectivity index is 1.05. The van der Waals surface area contributed by atoms with Gasteiger partial charge in [0.2, 0.25) is 0 Å². The van der Waals surface area contributed by atoms with Gasteiger partial charge in [-0.3, -0.25) is 9.97 Å². The van der Waals surface area contributed by atoms with Crippen molar-refractivity contribution in [2.45, 2.75) is 0 Å². The van der Waals surface area contributed by atoms with E-state index < -0.39 is 0 Å². The molecular weight excluding hydrogens is 897 g/mol. The minimum Gasteiger partial charge on any atom is -0.307 e. The van der Waals surface area contributed by atoms with Gasteiger partial charge in [0.1, 0.15) is 0 Å². The van der Waals surface area contributed by atoms with Crippen LogP contribution in [0.4, 0.5) is 0 Å². The van der Waals surface area contributed by atoms with Crippen molar-refractivity contribution < 1.29 is 0 Å². The van der Waals surface area contributed by atoms with E-state index >= 15 is 0 Å². The van der Waals surface area contributed by atoms with E-state index in [-0.39, 0.29) is 0 Å². The van der Waals surface area contributed by atoms with Gasteiger partial charge in [-0.25, -0.2) is 0 Å². The highest BCUT2D eigenvalue weighted by molar-refractivity contribution is 6.28. The Morgan fingerprint density at radius 2 is 0.581 bits per heavy atom. The van der Waals surface area contributed by atoms with Crippen LogP contribution in [-0.4, -0.2) is 19.1 Å². The van der Waals surface area contributed by atoms with Gasteiger partial charge in [-0.2, -0.15) is 0 Å². The Morgan fingerprint density at radius 3 is 1.05 bits per heavy atom. The number of hydrogen-bond acceptors (Lipinski definition) is 2. The standard InChI is InChI=1S/C70H46N4/c1-3-23-60(24-4-1)73-66-29-9-7-27-62(66)65-46-64(68-63-28-8-10-30-67(63)74(70(68)69(65)73)61-25-5-2-6-26-61)59-44-57(55-21-13-19-53(41-55)51-17-11-15-49(39-51)47-31-35-71-36-32-47)43-58(45-59)56-22-14-20-54(42-56)52-18-12-16-50(40-52)48-33-37-72-38-34-48/h1-46H. The molecule has 346 valence electrons. The lowest BCUT2D eigenvalue weighted by molar-refractivity contribution is 1.15. The van der Waals surface area contributed by atoms with Gasteiger partial charge in [0.05, 0.1) is 22.1 Å². The molecule has 0 fully saturated rings. The summed E-state index contributed by atoms with van der Waals surface area (Å²) in [5.74, 6) is 0. The van der Waals surface area contributed by atoms with E-state index in [1.165, 1.54) is 43.7 Å². The van der Waals surface area contributed by atoms with Crippen LogP contribution in [0.25, 0.3) is 133 Å². The fourth-order valence-electron chi connectivity index (χ4n) is 11.2. The van der Waals surface area contributed by atoms with Crippen molar-refractivity contribution in [3.8, 4) is 89.3 Å². The normalized spacial score (nSPS) is 11.5. The van der Waals surface area contributed by atoms with E-state index in [9.17, 15) is 0 Å². The average molecular weight is 943 g/mol. The van der Waals surface area contributed by atoms with Crippen LogP contribution in [0.15, 0.2) is 280 Å². The summed E-state index contributed by atoms with van der Waals surface area (Å²) < 4.78 is 4.97. The van der Waals surface area contributed by atoms with E-state index in [2.05, 4.69) is 274 Å². The summed E-state index contributed by atoms with van der Waals surface area (Å²) in [4.78, 5) is 8.55. The van der Waals surface area contributed by atoms with Crippen LogP contribution in [0, 0.1) is 0 Å². The first kappa shape index (κ1) is 42.9. The lowest BCUT2D eigenvalue weighted by Gasteiger charge is -2.16. The SMILES string of the molecule is c1ccc(-n2c3ccccc3c3cc(-c4cc(-c5cccc(-c6cccc(-c7ccncc7)c6)c5)cc(-c5cccc(-c6cccc(-c7ccncc7)c6)c5)c4)c4c5ccccc5n(-c5ccccc5)c4c32)cc1. The molecular formula is C70H46N4. The molecule has 0 unspecified atom stereocenters. The zero-order chi connectivity index (χ0) is 49.0. The Bertz CT molecular complexity index is 4260. The second kappa shape index (κ2) is 18.1. The average Bonchev–Trinajstić information content (AvgIpc) is 4.04. The van der Waals surface area contributed by atoms with Crippen molar-refractivity contribution in [3.05, 3.63) is 280 Å². The number of hydrogen-bond donors (Lipinski definition) is 0. The second-order valence-corrected chi connectivity index (χ2v) is 19.0. The molecule has 0 aliphatic rings. The molecule has 14 aromatic rings. The van der Waals surface area contributed by atoms with Crippen LogP contribution in [0.2, 0.25) is 0 Å². The van der Waals surface area contributed by atoms with Crippen molar-refractivity contribution in [3.63, 3.8) is 0 Å². The maximum atomic E-state index is 4.27. The summed E-state index contributed by atoms with van der Waals surface area (Å²) in [6.45, 7) is 0. The third kappa shape index (κ3) is 7.48. The zero-order valence-electron chi connectivity index (χ0n) is 40.3. The highest BCUT2D eigenvalue weighted by Gasteiger charge is 2.25. The molecule has 74 heavy (non-hydrogen) atoms. The molecule has 0 aliphatic heterocycles. The van der Waals surface area contributed by atoms with Crippen molar-refractivity contribution in [2.75, 3.05) is 0 Å². The molecule has 14 rings (SSSR count). The van der Waals surface area contributed by atoms with Crippen LogP contribution < -0.4 is 0 Å². The van der Waals surface area contributed by atoms with E-state index in [1.807, 2.05) is 24.8 Å². The topological polar surface area (TPSA) is 35.6 Å². The van der Waals surface area contributed by atoms with Gasteiger partial charge in [0.25, 0.3) is 0 Å². The van der Waals surface area contributed by atoms with Crippen molar-refractivity contribution in [1.82, 2.24) is 19.1 Å². The van der Waals surface area contributed by atoms with Gasteiger partial charge >= 0.3 is 0 Å². The van der Waals surface area contributed by atoms with Crippen molar-refractivity contribution in [2.24, 2.45) is 0 Å². The molecule has 0 saturated carbocycles. The summed E-state index contributed by atoms with van der Waals surface area (Å²) in [5.41, 5.74) is 23.1. The highest BCUT2D eigenvalue weighted by Crippen LogP contribution is 2.48. The Labute approximate surface area is 429 Å². The molecule has 4 aromatic heterocycles. The zero-order valence-corrected chi connectivity index (χ0v) is 40.3. The van der Waals surface area contributed by atoms with Crippen LogP contribution in [0.5, 0.6) is 0 Å². The van der Waals surface area contributed by atoms with E-state index in [4.69, 9.17) is 0 Å². The predicted octanol–water partition coefficient (Wildman–Crippen LogP) is 18.3. The summed E-state index contributed by atoms with van der Waals surface area (Å²) in [6.07, 6.45) is 7.42. The van der Waals surface area contributed by atoms with Gasteiger partial charge < -0.3 is 9.13 Å². The van der Waals surface area contributed by atoms with Crippen molar-refractivity contribution >= 4 is 43.6 Å². The molecule has 10 aromatic carbocycles. The third-order valence-electron chi connectivity index (χ3n) is 14.7. The van der Waals surface area contributed by atoms with Gasteiger partial charge in [-0.05, 0) is 187 Å². The molecule has 4 nitrogen and oxygen atoms in total. The van der Waals surface area contributed by atoms with Gasteiger partial charge in [0.15, 0.2) is 0 Å². The highest BCUT2D eigenvalue weighted by atomic mass is 15.0. The number of nitrogens with zero attached hydrogens (tertiary/aromatic N) is 4. The summed E-state index contributed by atoms with van der Waals surface area (Å²) in [6, 6.07) is 93.2. The second-order valence-electron chi connectivity index (χ2n) is 19.0. The first-order valence-corrected chi connectivity index (χ1v) is 25.2. The minimum absolute atomic E-state index is 1.12. The lowest BCUT2D eigenvalue weighted by atomic mass is 9.89. The largest absolute Gasteiger partial charge is 0.307 e. The fourth-order valence-corrected chi connectivity index (χ4v) is 11.2. The number of fused-ring (bicyclic) bond motifs is 7. The smallest absolute Gasteiger partial charge is 0.0795 e. The Kier molecular flexibility index (Phi) is 10.5. The number of benzene rings is 10. The van der Waals surface area contributed by atoms with Crippen LogP contribution >= 0.6 is 0 Å². The Hall–Kier alpha value is -9.90. The van der Waals surface area contributed by atoms with E-state index in [1.54, 1.807) is 0 Å². The lowest BCUT2D eigenvalue weighted by Crippen LogP contribution is -1.99. The summed E-state index contributed by atoms with van der Waals surface area (Å²) in [5, 5.41) is 4.82. The maximum absolute atomic E-state index is 4.27. The number of pyridine rings is 2. The van der Waals surface area contributed by atoms with Crippen LogP contribution in [-0.2, 0) is 0 Å². The van der Waals surface area contributed by atoms with Crippen LogP contribution in [0.3, 0.4) is 0 Å². The summed E-state index contributed by atoms with van der Waals surface area (Å²) in [7, 11) is 0. The van der Waals surface area contributed by atoms with Crippen molar-refractivity contribution in [1.29, 1.82) is 0 Å². The molecule has 0 spiro atoms. The van der Waals surface area contributed by atoms with E-state index in [0.717, 1.165) is 89.2 Å². The first-order valence-electron chi connectivity index (χ1n) is 25.2. The van der Waals surface area contributed by atoms with Gasteiger partial charge in [-0.15, -0.1) is 0 Å². The van der Waals surface area contributed by atoms with E-state index in [0.29, 0.717) is 0 Å². The predicted molar refractivity (Wildman–Crippen MR) is 309 cm³/mol. The quantitative estimate of drug-likeness (QED) is 0.145. The summed E-state index contributed by atoms with van der Waals surface area (Å²) >= 11 is 0. The molecule has 0 saturated heterocycles. The molecule has 0 bridgehead atoms. The number of para-hydroxylation sites is 4. The number of aromatic nitrogens is 4. The fraction of sp³-hybridized carbons (Fsp3) is 0. The molecule has 4 heteroatoms. The number of rotatable bonds is 9. The monoisotopic (exact) mass is 942 g/mol. The molecule has 0 atom stereocenters. The van der Waals surface area contributed by atoms with Gasteiger partial charge in [0, 0.05) is 57.7 Å². The molecule has 0 N–H and O–H groups in total. The molecule has 4 heterocycles. The molecule has 0 amide bonds. The molecule has 0 radical (unpaired) electrons. The maximum Gasteiger partial charge on any atom is 0.0795 e. The van der Waals surface area contributed by atoms with Crippen LogP contribution in [0.1, 0.15) is 0 Å². The first-order chi connectivity index (χ1) is 36.7. The Morgan fingerprint density at radius 1 is 0.230 bits per heavy atom. The minimum atomic E-state index is 1.12. The van der Waals surface area contributed by atoms with Gasteiger partial charge in [-0.1, -0.05) is 146 Å².